The van der Waals surface area contributed by atoms with Crippen molar-refractivity contribution in [3.8, 4) is 0 Å². The van der Waals surface area contributed by atoms with E-state index in [9.17, 15) is 9.59 Å². The van der Waals surface area contributed by atoms with Crippen molar-refractivity contribution in [1.29, 1.82) is 0 Å². The zero-order valence-electron chi connectivity index (χ0n) is 17.0. The number of hydroxylamine groups is 2. The predicted molar refractivity (Wildman–Crippen MR) is 104 cm³/mol. The predicted octanol–water partition coefficient (Wildman–Crippen LogP) is 2.54. The van der Waals surface area contributed by atoms with Gasteiger partial charge in [-0.25, -0.2) is 5.06 Å². The van der Waals surface area contributed by atoms with Crippen molar-refractivity contribution >= 4 is 11.8 Å². The van der Waals surface area contributed by atoms with Gasteiger partial charge in [0.25, 0.3) is 5.91 Å². The van der Waals surface area contributed by atoms with Crippen molar-refractivity contribution in [3.05, 3.63) is 18.0 Å². The first kappa shape index (κ1) is 17.9. The van der Waals surface area contributed by atoms with E-state index in [0.717, 1.165) is 55.6 Å². The number of rotatable bonds is 2. The van der Waals surface area contributed by atoms with Crippen LogP contribution in [0.3, 0.4) is 0 Å². The Morgan fingerprint density at radius 2 is 1.79 bits per heavy atom. The molecular formula is C22H30N4O3. The summed E-state index contributed by atoms with van der Waals surface area (Å²) in [5.41, 5.74) is 0.774. The fourth-order valence-electron chi connectivity index (χ4n) is 7.28. The number of fused-ring (bicyclic) bond motifs is 1. The van der Waals surface area contributed by atoms with Gasteiger partial charge in [-0.1, -0.05) is 0 Å². The second-order valence-corrected chi connectivity index (χ2v) is 10.1. The lowest BCUT2D eigenvalue weighted by Crippen LogP contribution is -2.57. The van der Waals surface area contributed by atoms with Crippen LogP contribution in [0.5, 0.6) is 0 Å². The summed E-state index contributed by atoms with van der Waals surface area (Å²) in [4.78, 5) is 34.7. The van der Waals surface area contributed by atoms with E-state index in [0.29, 0.717) is 32.1 Å². The summed E-state index contributed by atoms with van der Waals surface area (Å²) >= 11 is 0. The molecule has 4 aliphatic carbocycles. The van der Waals surface area contributed by atoms with Gasteiger partial charge in [0.05, 0.1) is 30.8 Å². The van der Waals surface area contributed by atoms with E-state index in [1.165, 1.54) is 24.3 Å². The Bertz CT molecular complexity index is 792. The van der Waals surface area contributed by atoms with Crippen molar-refractivity contribution < 1.29 is 14.4 Å². The van der Waals surface area contributed by atoms with E-state index in [1.807, 2.05) is 15.6 Å². The Balaban J connectivity index is 1.27. The summed E-state index contributed by atoms with van der Waals surface area (Å²) in [6, 6.07) is 1.46. The molecule has 0 radical (unpaired) electrons. The summed E-state index contributed by atoms with van der Waals surface area (Å²) in [7, 11) is 0. The molecule has 156 valence electrons. The van der Waals surface area contributed by atoms with Crippen LogP contribution in [0, 0.1) is 23.2 Å². The molecule has 7 rings (SSSR count). The van der Waals surface area contributed by atoms with Crippen LogP contribution in [0.2, 0.25) is 0 Å². The van der Waals surface area contributed by atoms with Crippen LogP contribution in [0.25, 0.3) is 0 Å². The number of aromatic nitrogens is 2. The van der Waals surface area contributed by atoms with Gasteiger partial charge >= 0.3 is 0 Å². The molecule has 3 heterocycles. The third kappa shape index (κ3) is 2.84. The lowest BCUT2D eigenvalue weighted by atomic mass is 9.49. The van der Waals surface area contributed by atoms with E-state index in [1.54, 1.807) is 6.20 Å². The number of nitrogens with zero attached hydrogens (tertiary/aromatic N) is 4. The molecule has 1 saturated heterocycles. The molecule has 4 saturated carbocycles. The Morgan fingerprint density at radius 1 is 1.07 bits per heavy atom. The lowest BCUT2D eigenvalue weighted by molar-refractivity contribution is -0.202. The maximum absolute atomic E-state index is 13.9. The maximum Gasteiger partial charge on any atom is 0.272 e. The normalized spacial score (nSPS) is 38.2. The molecule has 1 aromatic rings. The van der Waals surface area contributed by atoms with Gasteiger partial charge in [-0.05, 0) is 75.2 Å². The van der Waals surface area contributed by atoms with Gasteiger partial charge in [-0.2, -0.15) is 5.10 Å². The molecule has 2 amide bonds. The van der Waals surface area contributed by atoms with Gasteiger partial charge in [0.15, 0.2) is 6.04 Å². The summed E-state index contributed by atoms with van der Waals surface area (Å²) in [6.07, 6.45) is 10.8. The highest BCUT2D eigenvalue weighted by molar-refractivity contribution is 5.85. The Kier molecular flexibility index (Phi) is 4.05. The minimum Gasteiger partial charge on any atom is -0.334 e. The zero-order chi connectivity index (χ0) is 19.6. The SMILES string of the molecule is O=C([C@@H]1CN(C(=O)C23CC4CC(CC(C4)C2)C3)Cc2ccnn21)N1CCCCO1. The second-order valence-electron chi connectivity index (χ2n) is 10.1. The molecule has 1 aromatic heterocycles. The fourth-order valence-corrected chi connectivity index (χ4v) is 7.28. The van der Waals surface area contributed by atoms with Crippen LogP contribution < -0.4 is 0 Å². The molecular weight excluding hydrogens is 368 g/mol. The molecule has 0 unspecified atom stereocenters. The molecule has 29 heavy (non-hydrogen) atoms. The fraction of sp³-hybridized carbons (Fsp3) is 0.773. The molecule has 7 nitrogen and oxygen atoms in total. The summed E-state index contributed by atoms with van der Waals surface area (Å²) in [6.45, 7) is 2.17. The van der Waals surface area contributed by atoms with Gasteiger partial charge in [0.2, 0.25) is 5.91 Å². The van der Waals surface area contributed by atoms with E-state index < -0.39 is 6.04 Å². The summed E-state index contributed by atoms with van der Waals surface area (Å²) in [5.74, 6) is 2.43. The minimum absolute atomic E-state index is 0.0716. The molecule has 6 aliphatic rings. The first-order valence-electron chi connectivity index (χ1n) is 11.4. The Hall–Kier alpha value is -1.89. The zero-order valence-corrected chi connectivity index (χ0v) is 17.0. The topological polar surface area (TPSA) is 67.7 Å². The van der Waals surface area contributed by atoms with Crippen LogP contribution in [0.4, 0.5) is 0 Å². The van der Waals surface area contributed by atoms with Crippen LogP contribution in [0.1, 0.15) is 63.1 Å². The van der Waals surface area contributed by atoms with Gasteiger partial charge in [-0.3, -0.25) is 19.1 Å². The van der Waals surface area contributed by atoms with Crippen LogP contribution in [-0.2, 0) is 21.0 Å². The van der Waals surface area contributed by atoms with E-state index in [-0.39, 0.29) is 11.3 Å². The lowest BCUT2D eigenvalue weighted by Gasteiger charge is -2.57. The van der Waals surface area contributed by atoms with Gasteiger partial charge in [0, 0.05) is 12.7 Å². The van der Waals surface area contributed by atoms with E-state index >= 15 is 0 Å². The number of carbonyl (C=O) groups is 2. The van der Waals surface area contributed by atoms with Gasteiger partial charge < -0.3 is 4.90 Å². The second kappa shape index (κ2) is 6.56. The highest BCUT2D eigenvalue weighted by atomic mass is 16.7. The first-order chi connectivity index (χ1) is 14.1. The monoisotopic (exact) mass is 398 g/mol. The van der Waals surface area contributed by atoms with E-state index in [4.69, 9.17) is 4.84 Å². The smallest absolute Gasteiger partial charge is 0.272 e. The Morgan fingerprint density at radius 3 is 2.45 bits per heavy atom. The number of carbonyl (C=O) groups excluding carboxylic acids is 2. The molecule has 1 atom stereocenters. The minimum atomic E-state index is -0.482. The van der Waals surface area contributed by atoms with Crippen molar-refractivity contribution in [2.45, 2.75) is 64.0 Å². The van der Waals surface area contributed by atoms with E-state index in [2.05, 4.69) is 5.10 Å². The van der Waals surface area contributed by atoms with Crippen molar-refractivity contribution in [1.82, 2.24) is 19.7 Å². The first-order valence-corrected chi connectivity index (χ1v) is 11.4. The van der Waals surface area contributed by atoms with Gasteiger partial charge in [-0.15, -0.1) is 0 Å². The summed E-state index contributed by atoms with van der Waals surface area (Å²) in [5, 5.41) is 5.91. The molecule has 7 heteroatoms. The molecule has 0 aromatic carbocycles. The van der Waals surface area contributed by atoms with Crippen LogP contribution >= 0.6 is 0 Å². The number of hydrogen-bond donors (Lipinski definition) is 0. The number of amides is 2. The average molecular weight is 399 g/mol. The largest absolute Gasteiger partial charge is 0.334 e. The maximum atomic E-state index is 13.9. The van der Waals surface area contributed by atoms with Gasteiger partial charge in [0.1, 0.15) is 0 Å². The molecule has 0 N–H and O–H groups in total. The summed E-state index contributed by atoms with van der Waals surface area (Å²) < 4.78 is 1.81. The van der Waals surface area contributed by atoms with Crippen LogP contribution in [0.15, 0.2) is 12.3 Å². The molecule has 0 spiro atoms. The molecule has 4 bridgehead atoms. The third-order valence-electron chi connectivity index (χ3n) is 8.11. The average Bonchev–Trinajstić information content (AvgIpc) is 3.20. The van der Waals surface area contributed by atoms with Crippen molar-refractivity contribution in [2.24, 2.45) is 23.2 Å². The number of hydrogen-bond acceptors (Lipinski definition) is 4. The Labute approximate surface area is 171 Å². The van der Waals surface area contributed by atoms with Crippen molar-refractivity contribution in [2.75, 3.05) is 19.7 Å². The third-order valence-corrected chi connectivity index (χ3v) is 8.11. The highest BCUT2D eigenvalue weighted by Gasteiger charge is 2.56. The highest BCUT2D eigenvalue weighted by Crippen LogP contribution is 2.60. The standard InChI is InChI=1S/C22H30N4O3/c27-20(25-5-1-2-6-29-25)19-14-24(13-18-3-4-23-26(18)19)21(28)22-10-15-7-16(11-22)9-17(8-15)12-22/h3-4,15-17,19H,1-2,5-14H2/t15?,16?,17?,19-,22?/m0/s1. The van der Waals surface area contributed by atoms with Crippen LogP contribution in [-0.4, -0.2) is 51.3 Å². The van der Waals surface area contributed by atoms with Crippen molar-refractivity contribution in [3.63, 3.8) is 0 Å². The molecule has 2 aliphatic heterocycles. The quantitative estimate of drug-likeness (QED) is 0.768. The molecule has 5 fully saturated rings.